The molecule has 1 unspecified atom stereocenters. The number of carbonyl (C=O) groups excluding carboxylic acids is 2. The van der Waals surface area contributed by atoms with Gasteiger partial charge in [0, 0.05) is 6.04 Å². The Hall–Kier alpha value is -2.12. The monoisotopic (exact) mass is 409 g/mol. The van der Waals surface area contributed by atoms with Crippen LogP contribution >= 0.6 is 0 Å². The Morgan fingerprint density at radius 3 is 1.72 bits per heavy atom. The molecule has 164 valence electrons. The van der Waals surface area contributed by atoms with E-state index in [9.17, 15) is 14.7 Å². The van der Waals surface area contributed by atoms with Gasteiger partial charge in [-0.2, -0.15) is 0 Å². The molecule has 0 fully saturated rings. The van der Waals surface area contributed by atoms with Crippen LogP contribution in [0.4, 0.5) is 0 Å². The van der Waals surface area contributed by atoms with Crippen molar-refractivity contribution in [3.8, 4) is 5.75 Å². The molecule has 1 rings (SSSR count). The van der Waals surface area contributed by atoms with Crippen molar-refractivity contribution in [2.45, 2.75) is 65.2 Å². The number of aliphatic hydroxyl groups is 1. The number of ether oxygens (including phenoxy) is 3. The van der Waals surface area contributed by atoms with Crippen molar-refractivity contribution in [2.24, 2.45) is 0 Å². The summed E-state index contributed by atoms with van der Waals surface area (Å²) >= 11 is 0. The highest BCUT2D eigenvalue weighted by molar-refractivity contribution is 5.75. The molecule has 1 atom stereocenters. The maximum absolute atomic E-state index is 12.4. The molecule has 0 saturated heterocycles. The Morgan fingerprint density at radius 1 is 0.931 bits per heavy atom. The quantitative estimate of drug-likeness (QED) is 0.628. The number of aliphatic hydroxyl groups excluding tert-OH is 1. The molecule has 0 bridgehead atoms. The molecule has 0 aromatic heterocycles. The molecule has 7 nitrogen and oxygen atoms in total. The van der Waals surface area contributed by atoms with E-state index in [-0.39, 0.29) is 19.7 Å². The maximum Gasteiger partial charge on any atom is 0.320 e. The fourth-order valence-corrected chi connectivity index (χ4v) is 2.74. The summed E-state index contributed by atoms with van der Waals surface area (Å²) in [5.74, 6) is -0.197. The van der Waals surface area contributed by atoms with Crippen LogP contribution in [0.25, 0.3) is 0 Å². The van der Waals surface area contributed by atoms with Gasteiger partial charge in [-0.1, -0.05) is 12.1 Å². The summed E-state index contributed by atoms with van der Waals surface area (Å²) in [4.78, 5) is 26.4. The Bertz CT molecular complexity index is 627. The van der Waals surface area contributed by atoms with E-state index in [1.165, 1.54) is 0 Å². The van der Waals surface area contributed by atoms with Crippen molar-refractivity contribution in [3.63, 3.8) is 0 Å². The van der Waals surface area contributed by atoms with Gasteiger partial charge in [-0.25, -0.2) is 0 Å². The SMILES string of the molecule is COc1ccc(CC(CO)N(CC(=O)OC(C)(C)C)CC(=O)OC(C)(C)C)cc1. The van der Waals surface area contributed by atoms with E-state index in [4.69, 9.17) is 14.2 Å². The van der Waals surface area contributed by atoms with Crippen LogP contribution < -0.4 is 4.74 Å². The van der Waals surface area contributed by atoms with E-state index in [2.05, 4.69) is 0 Å². The fourth-order valence-electron chi connectivity index (χ4n) is 2.74. The lowest BCUT2D eigenvalue weighted by Crippen LogP contribution is -2.47. The number of esters is 2. The van der Waals surface area contributed by atoms with Gasteiger partial charge in [-0.3, -0.25) is 14.5 Å². The number of hydrogen-bond donors (Lipinski definition) is 1. The fraction of sp³-hybridized carbons (Fsp3) is 0.636. The van der Waals surface area contributed by atoms with Crippen molar-refractivity contribution in [3.05, 3.63) is 29.8 Å². The molecule has 0 aliphatic carbocycles. The van der Waals surface area contributed by atoms with E-state index in [1.54, 1.807) is 53.6 Å². The second-order valence-corrected chi connectivity index (χ2v) is 8.97. The van der Waals surface area contributed by atoms with Gasteiger partial charge < -0.3 is 19.3 Å². The summed E-state index contributed by atoms with van der Waals surface area (Å²) in [5, 5.41) is 9.98. The van der Waals surface area contributed by atoms with Crippen LogP contribution in [0.5, 0.6) is 5.75 Å². The number of rotatable bonds is 9. The van der Waals surface area contributed by atoms with Crippen molar-refractivity contribution < 1.29 is 28.9 Å². The van der Waals surface area contributed by atoms with Gasteiger partial charge in [-0.05, 0) is 65.7 Å². The van der Waals surface area contributed by atoms with E-state index < -0.39 is 29.2 Å². The first-order valence-electron chi connectivity index (χ1n) is 9.74. The molecule has 0 spiro atoms. The van der Waals surface area contributed by atoms with E-state index in [0.29, 0.717) is 6.42 Å². The summed E-state index contributed by atoms with van der Waals surface area (Å²) in [6.07, 6.45) is 0.450. The van der Waals surface area contributed by atoms with E-state index in [0.717, 1.165) is 11.3 Å². The van der Waals surface area contributed by atoms with Crippen LogP contribution in [0.1, 0.15) is 47.1 Å². The van der Waals surface area contributed by atoms with Crippen LogP contribution in [-0.2, 0) is 25.5 Å². The molecule has 0 radical (unpaired) electrons. The molecule has 7 heteroatoms. The molecule has 0 saturated carbocycles. The largest absolute Gasteiger partial charge is 0.497 e. The number of nitrogens with zero attached hydrogens (tertiary/aromatic N) is 1. The first kappa shape index (κ1) is 24.9. The smallest absolute Gasteiger partial charge is 0.320 e. The summed E-state index contributed by atoms with van der Waals surface area (Å²) < 4.78 is 16.0. The number of methoxy groups -OCH3 is 1. The zero-order valence-corrected chi connectivity index (χ0v) is 18.7. The van der Waals surface area contributed by atoms with Gasteiger partial charge in [0.15, 0.2) is 0 Å². The molecule has 0 amide bonds. The van der Waals surface area contributed by atoms with Gasteiger partial charge >= 0.3 is 11.9 Å². The first-order chi connectivity index (χ1) is 13.3. The average molecular weight is 410 g/mol. The third kappa shape index (κ3) is 10.3. The lowest BCUT2D eigenvalue weighted by molar-refractivity contribution is -0.161. The second kappa shape index (κ2) is 10.6. The molecular weight excluding hydrogens is 374 g/mol. The van der Waals surface area contributed by atoms with Gasteiger partial charge in [0.05, 0.1) is 26.8 Å². The van der Waals surface area contributed by atoms with Crippen molar-refractivity contribution in [2.75, 3.05) is 26.8 Å². The number of carbonyl (C=O) groups is 2. The topological polar surface area (TPSA) is 85.3 Å². The minimum Gasteiger partial charge on any atom is -0.497 e. The third-order valence-corrected chi connectivity index (χ3v) is 3.86. The average Bonchev–Trinajstić information content (AvgIpc) is 2.56. The second-order valence-electron chi connectivity index (χ2n) is 8.97. The molecule has 1 aromatic carbocycles. The number of hydrogen-bond acceptors (Lipinski definition) is 7. The summed E-state index contributed by atoms with van der Waals surface area (Å²) in [7, 11) is 1.59. The standard InChI is InChI=1S/C22H35NO6/c1-21(2,3)28-19(25)13-23(14-20(26)29-22(4,5)6)17(15-24)12-16-8-10-18(27-7)11-9-16/h8-11,17,24H,12-15H2,1-7H3. The molecule has 29 heavy (non-hydrogen) atoms. The summed E-state index contributed by atoms with van der Waals surface area (Å²) in [6.45, 7) is 10.2. The normalized spacial score (nSPS) is 13.1. The zero-order chi connectivity index (χ0) is 22.2. The van der Waals surface area contributed by atoms with Crippen LogP contribution in [0.3, 0.4) is 0 Å². The van der Waals surface area contributed by atoms with Crippen LogP contribution in [0.2, 0.25) is 0 Å². The molecule has 0 heterocycles. The Morgan fingerprint density at radius 2 is 1.38 bits per heavy atom. The molecule has 0 aliphatic heterocycles. The molecular formula is C22H35NO6. The Balaban J connectivity index is 2.97. The van der Waals surface area contributed by atoms with Gasteiger partial charge in [-0.15, -0.1) is 0 Å². The molecule has 1 aromatic rings. The highest BCUT2D eigenvalue weighted by Crippen LogP contribution is 2.16. The third-order valence-electron chi connectivity index (χ3n) is 3.86. The highest BCUT2D eigenvalue weighted by atomic mass is 16.6. The molecule has 1 N–H and O–H groups in total. The van der Waals surface area contributed by atoms with Gasteiger partial charge in [0.1, 0.15) is 17.0 Å². The van der Waals surface area contributed by atoms with Crippen molar-refractivity contribution in [1.82, 2.24) is 4.90 Å². The minimum absolute atomic E-state index is 0.127. The number of benzene rings is 1. The van der Waals surface area contributed by atoms with Gasteiger partial charge in [0.25, 0.3) is 0 Å². The van der Waals surface area contributed by atoms with Crippen molar-refractivity contribution in [1.29, 1.82) is 0 Å². The van der Waals surface area contributed by atoms with Crippen LogP contribution in [0.15, 0.2) is 24.3 Å². The zero-order valence-electron chi connectivity index (χ0n) is 18.7. The van der Waals surface area contributed by atoms with Crippen LogP contribution in [-0.4, -0.2) is 66.0 Å². The first-order valence-corrected chi connectivity index (χ1v) is 9.74. The maximum atomic E-state index is 12.4. The minimum atomic E-state index is -0.640. The lowest BCUT2D eigenvalue weighted by atomic mass is 10.0. The van der Waals surface area contributed by atoms with E-state index in [1.807, 2.05) is 24.3 Å². The lowest BCUT2D eigenvalue weighted by Gasteiger charge is -2.31. The Kier molecular flexibility index (Phi) is 9.11. The van der Waals surface area contributed by atoms with Gasteiger partial charge in [0.2, 0.25) is 0 Å². The summed E-state index contributed by atoms with van der Waals surface area (Å²) in [5.41, 5.74) is -0.332. The predicted molar refractivity (Wildman–Crippen MR) is 111 cm³/mol. The van der Waals surface area contributed by atoms with Crippen LogP contribution in [0, 0.1) is 0 Å². The Labute approximate surface area is 173 Å². The predicted octanol–water partition coefficient (Wildman–Crippen LogP) is 2.58. The highest BCUT2D eigenvalue weighted by Gasteiger charge is 2.28. The summed E-state index contributed by atoms with van der Waals surface area (Å²) in [6, 6.07) is 6.98. The van der Waals surface area contributed by atoms with E-state index >= 15 is 0 Å². The van der Waals surface area contributed by atoms with Crippen molar-refractivity contribution >= 4 is 11.9 Å². The molecule has 0 aliphatic rings.